The van der Waals surface area contributed by atoms with Gasteiger partial charge >= 0.3 is 16.1 Å². The highest BCUT2D eigenvalue weighted by Gasteiger charge is 2.16. The first-order valence-corrected chi connectivity index (χ1v) is 8.51. The predicted octanol–water partition coefficient (Wildman–Crippen LogP) is 2.87. The quantitative estimate of drug-likeness (QED) is 0.600. The summed E-state index contributed by atoms with van der Waals surface area (Å²) >= 11 is 0. The molecule has 0 aliphatic heterocycles. The van der Waals surface area contributed by atoms with Gasteiger partial charge in [0.15, 0.2) is 0 Å². The van der Waals surface area contributed by atoms with Gasteiger partial charge in [-0.15, -0.1) is 0 Å². The molecule has 0 fully saturated rings. The lowest BCUT2D eigenvalue weighted by Crippen LogP contribution is -2.09. The summed E-state index contributed by atoms with van der Waals surface area (Å²) in [5.41, 5.74) is 1.90. The summed E-state index contributed by atoms with van der Waals surface area (Å²) in [5.74, 6) is -0.0871. The lowest BCUT2D eigenvalue weighted by Gasteiger charge is -2.08. The lowest BCUT2D eigenvalue weighted by atomic mass is 10.1. The number of rotatable bonds is 6. The Kier molecular flexibility index (Phi) is 5.39. The van der Waals surface area contributed by atoms with Crippen molar-refractivity contribution in [1.29, 1.82) is 0 Å². The van der Waals surface area contributed by atoms with Crippen LogP contribution in [0.2, 0.25) is 0 Å². The number of ether oxygens (including phenoxy) is 1. The van der Waals surface area contributed by atoms with Crippen LogP contribution in [-0.4, -0.2) is 21.0 Å². The van der Waals surface area contributed by atoms with Crippen molar-refractivity contribution in [2.24, 2.45) is 0 Å². The lowest BCUT2D eigenvalue weighted by molar-refractivity contribution is -0.140. The molecule has 0 saturated heterocycles. The maximum Gasteiger partial charge on any atom is 0.339 e. The molecule has 5 nitrogen and oxygen atoms in total. The topological polar surface area (TPSA) is 69.7 Å². The van der Waals surface area contributed by atoms with Gasteiger partial charge in [0.25, 0.3) is 0 Å². The Morgan fingerprint density at radius 1 is 1.00 bits per heavy atom. The van der Waals surface area contributed by atoms with Crippen molar-refractivity contribution in [3.63, 3.8) is 0 Å². The number of hydrogen-bond donors (Lipinski definition) is 0. The summed E-state index contributed by atoms with van der Waals surface area (Å²) in [4.78, 5) is 10.8. The number of carbonyl (C=O) groups excluding carboxylic acids is 1. The number of esters is 1. The largest absolute Gasteiger partial charge is 0.466 e. The molecule has 0 heterocycles. The summed E-state index contributed by atoms with van der Waals surface area (Å²) in [7, 11) is -3.84. The average Bonchev–Trinajstić information content (AvgIpc) is 2.49. The van der Waals surface area contributed by atoms with Crippen LogP contribution in [0.1, 0.15) is 18.1 Å². The van der Waals surface area contributed by atoms with Crippen LogP contribution in [0.15, 0.2) is 53.4 Å². The molecule has 2 rings (SSSR count). The molecular weight excluding hydrogens is 316 g/mol. The number of hydrogen-bond acceptors (Lipinski definition) is 5. The minimum absolute atomic E-state index is 0.113. The maximum absolute atomic E-state index is 12.2. The third-order valence-electron chi connectivity index (χ3n) is 3.14. The summed E-state index contributed by atoms with van der Waals surface area (Å²) < 4.78 is 34.3. The van der Waals surface area contributed by atoms with Gasteiger partial charge in [0.1, 0.15) is 10.6 Å². The molecule has 0 aliphatic carbocycles. The first-order valence-electron chi connectivity index (χ1n) is 7.10. The number of benzene rings is 2. The second-order valence-corrected chi connectivity index (χ2v) is 6.63. The van der Waals surface area contributed by atoms with Crippen molar-refractivity contribution in [2.45, 2.75) is 25.2 Å². The van der Waals surface area contributed by atoms with Crippen molar-refractivity contribution in [2.75, 3.05) is 6.61 Å². The summed E-state index contributed by atoms with van der Waals surface area (Å²) in [6.07, 6.45) is 0.560. The van der Waals surface area contributed by atoms with E-state index in [4.69, 9.17) is 8.92 Å². The van der Waals surface area contributed by atoms with E-state index in [1.54, 1.807) is 36.4 Å². The SMILES string of the molecule is CC(=O)OCCc1ccc(OS(=O)(=O)c2ccc(C)cc2)cc1. The van der Waals surface area contributed by atoms with E-state index in [-0.39, 0.29) is 23.2 Å². The monoisotopic (exact) mass is 334 g/mol. The maximum atomic E-state index is 12.2. The molecule has 0 aliphatic rings. The van der Waals surface area contributed by atoms with Crippen LogP contribution in [0.25, 0.3) is 0 Å². The molecule has 2 aromatic carbocycles. The minimum Gasteiger partial charge on any atom is -0.466 e. The van der Waals surface area contributed by atoms with E-state index in [1.807, 2.05) is 6.92 Å². The summed E-state index contributed by atoms with van der Waals surface area (Å²) in [5, 5.41) is 0. The van der Waals surface area contributed by atoms with Crippen molar-refractivity contribution < 1.29 is 22.1 Å². The molecule has 0 unspecified atom stereocenters. The Morgan fingerprint density at radius 2 is 1.61 bits per heavy atom. The fraction of sp³-hybridized carbons (Fsp3) is 0.235. The Labute approximate surface area is 136 Å². The van der Waals surface area contributed by atoms with Gasteiger partial charge in [-0.25, -0.2) is 0 Å². The first-order chi connectivity index (χ1) is 10.9. The van der Waals surface area contributed by atoms with Crippen LogP contribution in [0.5, 0.6) is 5.75 Å². The van der Waals surface area contributed by atoms with Gasteiger partial charge in [-0.3, -0.25) is 4.79 Å². The van der Waals surface area contributed by atoms with Gasteiger partial charge in [0, 0.05) is 13.3 Å². The van der Waals surface area contributed by atoms with Gasteiger partial charge in [-0.1, -0.05) is 29.8 Å². The Bertz CT molecular complexity index is 762. The molecule has 0 bridgehead atoms. The standard InChI is InChI=1S/C17H18O5S/c1-13-3-9-17(10-4-13)23(19,20)22-16-7-5-15(6-8-16)11-12-21-14(2)18/h3-10H,11-12H2,1-2H3. The smallest absolute Gasteiger partial charge is 0.339 e. The van der Waals surface area contributed by atoms with Crippen molar-refractivity contribution in [3.8, 4) is 5.75 Å². The van der Waals surface area contributed by atoms with Gasteiger partial charge in [0.2, 0.25) is 0 Å². The molecule has 6 heteroatoms. The van der Waals surface area contributed by atoms with Crippen LogP contribution in [0.3, 0.4) is 0 Å². The van der Waals surface area contributed by atoms with Crippen LogP contribution in [0, 0.1) is 6.92 Å². The normalized spacial score (nSPS) is 11.0. The summed E-state index contributed by atoms with van der Waals surface area (Å²) in [6.45, 7) is 3.52. The average molecular weight is 334 g/mol. The molecular formula is C17H18O5S. The molecule has 0 amide bonds. The molecule has 23 heavy (non-hydrogen) atoms. The Hall–Kier alpha value is -2.34. The van der Waals surface area contributed by atoms with E-state index in [1.165, 1.54) is 19.1 Å². The van der Waals surface area contributed by atoms with E-state index in [2.05, 4.69) is 0 Å². The molecule has 2 aromatic rings. The molecule has 0 saturated carbocycles. The van der Waals surface area contributed by atoms with Gasteiger partial charge in [0.05, 0.1) is 6.61 Å². The molecule has 122 valence electrons. The Balaban J connectivity index is 2.02. The van der Waals surface area contributed by atoms with Crippen LogP contribution < -0.4 is 4.18 Å². The van der Waals surface area contributed by atoms with Gasteiger partial charge in [-0.05, 0) is 36.8 Å². The second-order valence-electron chi connectivity index (χ2n) is 5.08. The van der Waals surface area contributed by atoms with E-state index in [0.29, 0.717) is 6.42 Å². The van der Waals surface area contributed by atoms with Crippen molar-refractivity contribution in [3.05, 3.63) is 59.7 Å². The van der Waals surface area contributed by atoms with Gasteiger partial charge < -0.3 is 8.92 Å². The zero-order valence-electron chi connectivity index (χ0n) is 13.0. The van der Waals surface area contributed by atoms with Crippen LogP contribution in [-0.2, 0) is 26.1 Å². The van der Waals surface area contributed by atoms with Crippen molar-refractivity contribution >= 4 is 16.1 Å². The number of carbonyl (C=O) groups is 1. The Morgan fingerprint density at radius 3 is 2.17 bits per heavy atom. The fourth-order valence-electron chi connectivity index (χ4n) is 1.90. The zero-order chi connectivity index (χ0) is 16.9. The van der Waals surface area contributed by atoms with E-state index < -0.39 is 10.1 Å². The first kappa shape index (κ1) is 17.0. The van der Waals surface area contributed by atoms with E-state index in [9.17, 15) is 13.2 Å². The minimum atomic E-state index is -3.84. The molecule has 0 spiro atoms. The van der Waals surface area contributed by atoms with Crippen LogP contribution in [0.4, 0.5) is 0 Å². The molecule has 0 atom stereocenters. The highest BCUT2D eigenvalue weighted by Crippen LogP contribution is 2.19. The zero-order valence-corrected chi connectivity index (χ0v) is 13.8. The number of aryl methyl sites for hydroxylation is 1. The van der Waals surface area contributed by atoms with Crippen molar-refractivity contribution in [1.82, 2.24) is 0 Å². The fourth-order valence-corrected chi connectivity index (χ4v) is 2.83. The predicted molar refractivity (Wildman–Crippen MR) is 85.8 cm³/mol. The van der Waals surface area contributed by atoms with Gasteiger partial charge in [-0.2, -0.15) is 8.42 Å². The van der Waals surface area contributed by atoms with Crippen LogP contribution >= 0.6 is 0 Å². The van der Waals surface area contributed by atoms with E-state index >= 15 is 0 Å². The highest BCUT2D eigenvalue weighted by molar-refractivity contribution is 7.87. The molecule has 0 radical (unpaired) electrons. The molecule has 0 aromatic heterocycles. The highest BCUT2D eigenvalue weighted by atomic mass is 32.2. The third kappa shape index (κ3) is 5.10. The molecule has 0 N–H and O–H groups in total. The summed E-state index contributed by atoms with van der Waals surface area (Å²) in [6, 6.07) is 13.1. The second kappa shape index (κ2) is 7.28. The third-order valence-corrected chi connectivity index (χ3v) is 4.40. The van der Waals surface area contributed by atoms with E-state index in [0.717, 1.165) is 11.1 Å².